The predicted molar refractivity (Wildman–Crippen MR) is 67.7 cm³/mol. The zero-order valence-corrected chi connectivity index (χ0v) is 10.2. The molecule has 0 fully saturated rings. The zero-order chi connectivity index (χ0) is 13.0. The lowest BCUT2D eigenvalue weighted by Gasteiger charge is -2.13. The van der Waals surface area contributed by atoms with E-state index in [-0.39, 0.29) is 0 Å². The fraction of sp³-hybridized carbons (Fsp3) is 0.273. The van der Waals surface area contributed by atoms with E-state index in [4.69, 9.17) is 15.2 Å². The van der Waals surface area contributed by atoms with Gasteiger partial charge >= 0.3 is 0 Å². The number of nitrogen functional groups attached to an aromatic ring is 1. The molecular weight excluding hydrogens is 234 g/mol. The summed E-state index contributed by atoms with van der Waals surface area (Å²) in [5.41, 5.74) is 7.25. The summed E-state index contributed by atoms with van der Waals surface area (Å²) in [7, 11) is 3.15. The topological polar surface area (TPSA) is 98.1 Å². The summed E-state index contributed by atoms with van der Waals surface area (Å²) in [4.78, 5) is 4.01. The predicted octanol–water partition coefficient (Wildman–Crippen LogP) is 1.02. The second-order valence-corrected chi connectivity index (χ2v) is 3.58. The lowest BCUT2D eigenvalue weighted by molar-refractivity contribution is 0.355. The smallest absolute Gasteiger partial charge is 0.162 e. The van der Waals surface area contributed by atoms with Gasteiger partial charge < -0.3 is 20.5 Å². The third-order valence-corrected chi connectivity index (χ3v) is 2.47. The summed E-state index contributed by atoms with van der Waals surface area (Å²) in [6.07, 6.45) is 1.45. The molecule has 0 aliphatic rings. The molecule has 2 rings (SSSR count). The highest BCUT2D eigenvalue weighted by Gasteiger charge is 2.09. The van der Waals surface area contributed by atoms with E-state index < -0.39 is 0 Å². The molecule has 0 bridgehead atoms. The number of ether oxygens (including phenoxy) is 2. The van der Waals surface area contributed by atoms with Gasteiger partial charge in [0.05, 0.1) is 32.1 Å². The number of aromatic nitrogens is 3. The quantitative estimate of drug-likeness (QED) is 0.684. The van der Waals surface area contributed by atoms with Gasteiger partial charge in [0.2, 0.25) is 0 Å². The minimum absolute atomic E-state index is 0.500. The van der Waals surface area contributed by atoms with E-state index in [1.807, 2.05) is 0 Å². The van der Waals surface area contributed by atoms with E-state index in [0.717, 1.165) is 11.5 Å². The van der Waals surface area contributed by atoms with Crippen molar-refractivity contribution >= 4 is 11.4 Å². The molecule has 0 spiro atoms. The maximum absolute atomic E-state index is 5.92. The number of H-pyrrole nitrogens is 1. The normalized spacial score (nSPS) is 10.1. The fourth-order valence-electron chi connectivity index (χ4n) is 1.54. The monoisotopic (exact) mass is 249 g/mol. The number of aromatic amines is 1. The number of methoxy groups -OCH3 is 2. The SMILES string of the molecule is COc1cc(N)c(NCc2ncn[nH]2)cc1OC. The summed E-state index contributed by atoms with van der Waals surface area (Å²) in [6, 6.07) is 3.49. The Hall–Kier alpha value is -2.44. The third kappa shape index (κ3) is 2.45. The Kier molecular flexibility index (Phi) is 3.52. The molecule has 7 nitrogen and oxygen atoms in total. The molecule has 0 aliphatic heterocycles. The number of hydrogen-bond acceptors (Lipinski definition) is 6. The van der Waals surface area contributed by atoms with Gasteiger partial charge in [0.15, 0.2) is 11.5 Å². The van der Waals surface area contributed by atoms with E-state index in [9.17, 15) is 0 Å². The molecule has 1 aromatic heterocycles. The Labute approximate surface area is 104 Å². The van der Waals surface area contributed by atoms with Gasteiger partial charge in [-0.25, -0.2) is 4.98 Å². The molecule has 0 unspecified atom stereocenters. The average Bonchev–Trinajstić information content (AvgIpc) is 2.90. The van der Waals surface area contributed by atoms with Gasteiger partial charge in [-0.3, -0.25) is 5.10 Å². The van der Waals surface area contributed by atoms with Gasteiger partial charge in [-0.2, -0.15) is 5.10 Å². The van der Waals surface area contributed by atoms with Gasteiger partial charge in [0, 0.05) is 12.1 Å². The minimum Gasteiger partial charge on any atom is -0.493 e. The number of nitrogens with zero attached hydrogens (tertiary/aromatic N) is 2. The number of hydrogen-bond donors (Lipinski definition) is 3. The second-order valence-electron chi connectivity index (χ2n) is 3.58. The lowest BCUT2D eigenvalue weighted by atomic mass is 10.2. The number of rotatable bonds is 5. The Morgan fingerprint density at radius 3 is 2.61 bits per heavy atom. The molecule has 0 atom stereocenters. The molecule has 0 radical (unpaired) electrons. The maximum atomic E-state index is 5.92. The molecule has 0 saturated carbocycles. The highest BCUT2D eigenvalue weighted by molar-refractivity contribution is 5.71. The first-order valence-electron chi connectivity index (χ1n) is 5.34. The van der Waals surface area contributed by atoms with Crippen LogP contribution in [0.5, 0.6) is 11.5 Å². The van der Waals surface area contributed by atoms with Gasteiger partial charge in [-0.05, 0) is 0 Å². The van der Waals surface area contributed by atoms with Gasteiger partial charge in [0.25, 0.3) is 0 Å². The Morgan fingerprint density at radius 2 is 2.00 bits per heavy atom. The van der Waals surface area contributed by atoms with Crippen molar-refractivity contribution in [1.29, 1.82) is 0 Å². The van der Waals surface area contributed by atoms with Crippen molar-refractivity contribution in [2.75, 3.05) is 25.3 Å². The van der Waals surface area contributed by atoms with Gasteiger partial charge in [0.1, 0.15) is 12.2 Å². The molecular formula is C11H15N5O2. The summed E-state index contributed by atoms with van der Waals surface area (Å²) >= 11 is 0. The van der Waals surface area contributed by atoms with Crippen molar-refractivity contribution in [3.05, 3.63) is 24.3 Å². The van der Waals surface area contributed by atoms with Crippen LogP contribution in [-0.4, -0.2) is 29.4 Å². The molecule has 18 heavy (non-hydrogen) atoms. The Morgan fingerprint density at radius 1 is 1.28 bits per heavy atom. The van der Waals surface area contributed by atoms with Crippen LogP contribution in [0.4, 0.5) is 11.4 Å². The molecule has 0 amide bonds. The highest BCUT2D eigenvalue weighted by Crippen LogP contribution is 2.34. The molecule has 1 heterocycles. The van der Waals surface area contributed by atoms with Crippen LogP contribution in [-0.2, 0) is 6.54 Å². The van der Waals surface area contributed by atoms with E-state index in [1.165, 1.54) is 6.33 Å². The van der Waals surface area contributed by atoms with Crippen LogP contribution in [0.1, 0.15) is 5.82 Å². The number of nitrogens with two attached hydrogens (primary N) is 1. The molecule has 2 aromatic rings. The highest BCUT2D eigenvalue weighted by atomic mass is 16.5. The Balaban J connectivity index is 2.17. The van der Waals surface area contributed by atoms with Crippen LogP contribution in [0.15, 0.2) is 18.5 Å². The van der Waals surface area contributed by atoms with Crippen LogP contribution in [0.2, 0.25) is 0 Å². The summed E-state index contributed by atoms with van der Waals surface area (Å²) in [6.45, 7) is 0.500. The van der Waals surface area contributed by atoms with E-state index >= 15 is 0 Å². The van der Waals surface area contributed by atoms with Crippen molar-refractivity contribution in [2.45, 2.75) is 6.54 Å². The van der Waals surface area contributed by atoms with Crippen LogP contribution < -0.4 is 20.5 Å². The van der Waals surface area contributed by atoms with Crippen LogP contribution in [0, 0.1) is 0 Å². The molecule has 4 N–H and O–H groups in total. The fourth-order valence-corrected chi connectivity index (χ4v) is 1.54. The molecule has 96 valence electrons. The van der Waals surface area contributed by atoms with E-state index in [2.05, 4.69) is 20.5 Å². The van der Waals surface area contributed by atoms with Crippen LogP contribution in [0.25, 0.3) is 0 Å². The number of benzene rings is 1. The van der Waals surface area contributed by atoms with Crippen LogP contribution >= 0.6 is 0 Å². The average molecular weight is 249 g/mol. The van der Waals surface area contributed by atoms with Crippen molar-refractivity contribution in [2.24, 2.45) is 0 Å². The van der Waals surface area contributed by atoms with Crippen molar-refractivity contribution < 1.29 is 9.47 Å². The third-order valence-electron chi connectivity index (χ3n) is 2.47. The lowest BCUT2D eigenvalue weighted by Crippen LogP contribution is -2.05. The summed E-state index contributed by atoms with van der Waals surface area (Å²) < 4.78 is 10.4. The zero-order valence-electron chi connectivity index (χ0n) is 10.2. The first-order valence-corrected chi connectivity index (χ1v) is 5.34. The first kappa shape index (κ1) is 12.0. The van der Waals surface area contributed by atoms with Crippen molar-refractivity contribution in [1.82, 2.24) is 15.2 Å². The van der Waals surface area contributed by atoms with Crippen molar-refractivity contribution in [3.8, 4) is 11.5 Å². The van der Waals surface area contributed by atoms with Gasteiger partial charge in [-0.1, -0.05) is 0 Å². The number of nitrogens with one attached hydrogen (secondary N) is 2. The summed E-state index contributed by atoms with van der Waals surface area (Å²) in [5.74, 6) is 1.94. The minimum atomic E-state index is 0.500. The Bertz CT molecular complexity index is 512. The maximum Gasteiger partial charge on any atom is 0.162 e. The van der Waals surface area contributed by atoms with Crippen molar-refractivity contribution in [3.63, 3.8) is 0 Å². The largest absolute Gasteiger partial charge is 0.493 e. The molecule has 0 saturated heterocycles. The van der Waals surface area contributed by atoms with Gasteiger partial charge in [-0.15, -0.1) is 0 Å². The molecule has 1 aromatic carbocycles. The number of anilines is 2. The molecule has 7 heteroatoms. The standard InChI is InChI=1S/C11H15N5O2/c1-17-9-3-7(12)8(4-10(9)18-2)13-5-11-14-6-15-16-11/h3-4,6,13H,5,12H2,1-2H3,(H,14,15,16). The van der Waals surface area contributed by atoms with Crippen LogP contribution in [0.3, 0.4) is 0 Å². The van der Waals surface area contributed by atoms with E-state index in [1.54, 1.807) is 26.4 Å². The molecule has 0 aliphatic carbocycles. The second kappa shape index (κ2) is 5.26. The van der Waals surface area contributed by atoms with E-state index in [0.29, 0.717) is 23.7 Å². The summed E-state index contributed by atoms with van der Waals surface area (Å²) in [5, 5.41) is 9.67. The first-order chi connectivity index (χ1) is 8.74.